The van der Waals surface area contributed by atoms with Crippen LogP contribution < -0.4 is 10.6 Å². The maximum Gasteiger partial charge on any atom is 0.253 e. The summed E-state index contributed by atoms with van der Waals surface area (Å²) in [5, 5.41) is 6.34. The van der Waals surface area contributed by atoms with E-state index in [1.54, 1.807) is 0 Å². The Morgan fingerprint density at radius 3 is 2.88 bits per heavy atom. The quantitative estimate of drug-likeness (QED) is 0.788. The predicted molar refractivity (Wildman–Crippen MR) is 101 cm³/mol. The highest BCUT2D eigenvalue weighted by Crippen LogP contribution is 2.23. The van der Waals surface area contributed by atoms with Crippen LogP contribution in [0, 0.1) is 13.8 Å². The molecule has 0 atom stereocenters. The molecule has 4 nitrogen and oxygen atoms in total. The van der Waals surface area contributed by atoms with Crippen LogP contribution in [0.2, 0.25) is 0 Å². The van der Waals surface area contributed by atoms with Gasteiger partial charge in [0.1, 0.15) is 0 Å². The minimum atomic E-state index is -0.0104. The first-order valence-electron chi connectivity index (χ1n) is 8.18. The van der Waals surface area contributed by atoms with Crippen LogP contribution in [0.4, 0.5) is 0 Å². The average Bonchev–Trinajstić information content (AvgIpc) is 2.88. The van der Waals surface area contributed by atoms with Crippen molar-refractivity contribution in [1.29, 1.82) is 0 Å². The Balaban J connectivity index is 1.80. The van der Waals surface area contributed by atoms with Crippen LogP contribution in [0.3, 0.4) is 0 Å². The molecule has 0 spiro atoms. The third-order valence-corrected chi connectivity index (χ3v) is 4.87. The normalized spacial score (nSPS) is 14.4. The number of hydrogen-bond acceptors (Lipinski definition) is 2. The van der Waals surface area contributed by atoms with Gasteiger partial charge in [-0.15, -0.1) is 0 Å². The first-order valence-corrected chi connectivity index (χ1v) is 8.97. The van der Waals surface area contributed by atoms with E-state index in [4.69, 9.17) is 0 Å². The van der Waals surface area contributed by atoms with Crippen LogP contribution in [0.1, 0.15) is 28.2 Å². The Bertz CT molecular complexity index is 792. The Kier molecular flexibility index (Phi) is 5.21. The van der Waals surface area contributed by atoms with Gasteiger partial charge >= 0.3 is 0 Å². The third kappa shape index (κ3) is 3.62. The molecule has 0 unspecified atom stereocenters. The number of nitrogens with zero attached hydrogens (tertiary/aromatic N) is 1. The van der Waals surface area contributed by atoms with E-state index in [1.165, 1.54) is 5.57 Å². The van der Waals surface area contributed by atoms with Gasteiger partial charge in [0.15, 0.2) is 0 Å². The van der Waals surface area contributed by atoms with Gasteiger partial charge in [0.05, 0.1) is 5.56 Å². The van der Waals surface area contributed by atoms with Crippen molar-refractivity contribution >= 4 is 21.8 Å². The summed E-state index contributed by atoms with van der Waals surface area (Å²) in [6.45, 7) is 6.52. The van der Waals surface area contributed by atoms with Crippen LogP contribution in [-0.4, -0.2) is 30.1 Å². The van der Waals surface area contributed by atoms with Crippen molar-refractivity contribution in [1.82, 2.24) is 15.2 Å². The molecule has 3 rings (SSSR count). The summed E-state index contributed by atoms with van der Waals surface area (Å²) >= 11 is 3.51. The van der Waals surface area contributed by atoms with Gasteiger partial charge in [-0.2, -0.15) is 0 Å². The van der Waals surface area contributed by atoms with E-state index in [0.29, 0.717) is 6.54 Å². The zero-order valence-electron chi connectivity index (χ0n) is 14.0. The van der Waals surface area contributed by atoms with E-state index >= 15 is 0 Å². The summed E-state index contributed by atoms with van der Waals surface area (Å²) in [5.74, 6) is -0.0104. The minimum absolute atomic E-state index is 0.0104. The van der Waals surface area contributed by atoms with E-state index < -0.39 is 0 Å². The summed E-state index contributed by atoms with van der Waals surface area (Å²) in [7, 11) is 0. The molecule has 5 heteroatoms. The van der Waals surface area contributed by atoms with Crippen molar-refractivity contribution in [2.45, 2.75) is 20.3 Å². The van der Waals surface area contributed by atoms with Crippen molar-refractivity contribution in [3.63, 3.8) is 0 Å². The van der Waals surface area contributed by atoms with Crippen molar-refractivity contribution < 1.29 is 4.79 Å². The number of hydrogen-bond donors (Lipinski definition) is 2. The van der Waals surface area contributed by atoms with Gasteiger partial charge in [-0.05, 0) is 51.1 Å². The molecule has 1 aliphatic rings. The maximum atomic E-state index is 12.6. The molecule has 0 aliphatic carbocycles. The smallest absolute Gasteiger partial charge is 0.253 e. The van der Waals surface area contributed by atoms with Crippen LogP contribution >= 0.6 is 15.9 Å². The second-order valence-corrected chi connectivity index (χ2v) is 7.01. The van der Waals surface area contributed by atoms with Crippen LogP contribution in [-0.2, 0) is 0 Å². The summed E-state index contributed by atoms with van der Waals surface area (Å²) in [6, 6.07) is 10.1. The van der Waals surface area contributed by atoms with E-state index in [2.05, 4.69) is 43.3 Å². The van der Waals surface area contributed by atoms with Gasteiger partial charge in [0.25, 0.3) is 5.91 Å². The molecule has 1 aromatic carbocycles. The number of amides is 1. The van der Waals surface area contributed by atoms with Crippen LogP contribution in [0.5, 0.6) is 0 Å². The second kappa shape index (κ2) is 7.36. The lowest BCUT2D eigenvalue weighted by Crippen LogP contribution is -2.29. The molecular formula is C19H22BrN3O. The molecule has 1 aliphatic heterocycles. The van der Waals surface area contributed by atoms with Gasteiger partial charge in [0.2, 0.25) is 0 Å². The van der Waals surface area contributed by atoms with Gasteiger partial charge in [0, 0.05) is 34.6 Å². The summed E-state index contributed by atoms with van der Waals surface area (Å²) in [6.07, 6.45) is 3.16. The minimum Gasteiger partial charge on any atom is -0.348 e. The number of halogens is 1. The lowest BCUT2D eigenvalue weighted by molar-refractivity contribution is 0.0956. The fourth-order valence-electron chi connectivity index (χ4n) is 3.12. The molecule has 1 amide bonds. The molecule has 0 radical (unpaired) electrons. The second-order valence-electron chi connectivity index (χ2n) is 6.10. The van der Waals surface area contributed by atoms with E-state index in [0.717, 1.165) is 46.6 Å². The molecule has 126 valence electrons. The van der Waals surface area contributed by atoms with Crippen molar-refractivity contribution in [2.24, 2.45) is 0 Å². The van der Waals surface area contributed by atoms with E-state index in [1.807, 2.05) is 38.1 Å². The van der Waals surface area contributed by atoms with Crippen molar-refractivity contribution in [2.75, 3.05) is 19.6 Å². The monoisotopic (exact) mass is 387 g/mol. The van der Waals surface area contributed by atoms with E-state index in [-0.39, 0.29) is 5.91 Å². The molecular weight excluding hydrogens is 366 g/mol. The number of nitrogens with one attached hydrogen (secondary N) is 2. The number of carbonyl (C=O) groups excluding carboxylic acids is 1. The highest BCUT2D eigenvalue weighted by atomic mass is 79.9. The Morgan fingerprint density at radius 1 is 1.33 bits per heavy atom. The van der Waals surface area contributed by atoms with Crippen molar-refractivity contribution in [3.8, 4) is 5.69 Å². The summed E-state index contributed by atoms with van der Waals surface area (Å²) < 4.78 is 3.14. The highest BCUT2D eigenvalue weighted by Gasteiger charge is 2.17. The molecule has 0 saturated heterocycles. The molecule has 24 heavy (non-hydrogen) atoms. The summed E-state index contributed by atoms with van der Waals surface area (Å²) in [4.78, 5) is 12.6. The Morgan fingerprint density at radius 2 is 2.17 bits per heavy atom. The maximum absolute atomic E-state index is 12.6. The molecule has 0 fully saturated rings. The Hall–Kier alpha value is -1.85. The molecule has 2 N–H and O–H groups in total. The van der Waals surface area contributed by atoms with Gasteiger partial charge in [-0.3, -0.25) is 4.79 Å². The first-order chi connectivity index (χ1) is 11.6. The molecule has 0 saturated carbocycles. The van der Waals surface area contributed by atoms with Crippen LogP contribution in [0.15, 0.2) is 46.5 Å². The fraction of sp³-hybridized carbons (Fsp3) is 0.316. The number of aromatic nitrogens is 1. The third-order valence-electron chi connectivity index (χ3n) is 4.38. The zero-order valence-corrected chi connectivity index (χ0v) is 15.6. The van der Waals surface area contributed by atoms with Gasteiger partial charge < -0.3 is 15.2 Å². The molecule has 2 heterocycles. The molecule has 0 bridgehead atoms. The molecule has 2 aromatic rings. The SMILES string of the molecule is Cc1cc(C(=O)NCC2=CCNCC2)c(C)n1-c1cccc(Br)c1. The average molecular weight is 388 g/mol. The lowest BCUT2D eigenvalue weighted by Gasteiger charge is -2.14. The first kappa shape index (κ1) is 17.0. The summed E-state index contributed by atoms with van der Waals surface area (Å²) in [5.41, 5.74) is 5.10. The molecule has 1 aromatic heterocycles. The van der Waals surface area contributed by atoms with Crippen molar-refractivity contribution in [3.05, 3.63) is 63.4 Å². The Labute approximate surface area is 151 Å². The fourth-order valence-corrected chi connectivity index (χ4v) is 3.51. The zero-order chi connectivity index (χ0) is 17.1. The van der Waals surface area contributed by atoms with E-state index in [9.17, 15) is 4.79 Å². The predicted octanol–water partition coefficient (Wildman–Crippen LogP) is 3.51. The largest absolute Gasteiger partial charge is 0.348 e. The van der Waals surface area contributed by atoms with Gasteiger partial charge in [-0.1, -0.05) is 33.6 Å². The lowest BCUT2D eigenvalue weighted by atomic mass is 10.1. The van der Waals surface area contributed by atoms with Gasteiger partial charge in [-0.25, -0.2) is 0 Å². The number of aryl methyl sites for hydroxylation is 1. The topological polar surface area (TPSA) is 46.1 Å². The standard InChI is InChI=1S/C19H22BrN3O/c1-13-10-18(19(24)22-12-15-6-8-21-9-7-15)14(2)23(13)17-5-3-4-16(20)11-17/h3-6,10-11,21H,7-9,12H2,1-2H3,(H,22,24). The number of carbonyl (C=O) groups is 1. The highest BCUT2D eigenvalue weighted by molar-refractivity contribution is 9.10. The number of benzene rings is 1. The number of rotatable bonds is 4. The van der Waals surface area contributed by atoms with Crippen LogP contribution in [0.25, 0.3) is 5.69 Å².